The van der Waals surface area contributed by atoms with E-state index in [9.17, 15) is 4.79 Å². The summed E-state index contributed by atoms with van der Waals surface area (Å²) in [4.78, 5) is 15.9. The van der Waals surface area contributed by atoms with E-state index in [-0.39, 0.29) is 11.2 Å². The molecule has 1 aromatic rings. The average molecular weight is 192 g/mol. The Kier molecular flexibility index (Phi) is 2.89. The molecular weight excluding hydrogens is 176 g/mol. The van der Waals surface area contributed by atoms with Gasteiger partial charge in [0.15, 0.2) is 5.78 Å². The Morgan fingerprint density at radius 1 is 1.36 bits per heavy atom. The third-order valence-corrected chi connectivity index (χ3v) is 1.96. The first kappa shape index (κ1) is 10.7. The van der Waals surface area contributed by atoms with Crippen molar-refractivity contribution in [2.75, 3.05) is 12.4 Å². The molecule has 0 radical (unpaired) electrons. The summed E-state index contributed by atoms with van der Waals surface area (Å²) in [6, 6.07) is 3.60. The van der Waals surface area contributed by atoms with Crippen LogP contribution in [0.25, 0.3) is 0 Å². The van der Waals surface area contributed by atoms with E-state index in [2.05, 4.69) is 10.3 Å². The van der Waals surface area contributed by atoms with E-state index in [4.69, 9.17) is 0 Å². The zero-order valence-corrected chi connectivity index (χ0v) is 9.09. The normalized spacial score (nSPS) is 11.1. The first-order chi connectivity index (χ1) is 6.45. The third-order valence-electron chi connectivity index (χ3n) is 1.96. The van der Waals surface area contributed by atoms with E-state index in [0.717, 1.165) is 5.82 Å². The van der Waals surface area contributed by atoms with Crippen LogP contribution in [0.4, 0.5) is 5.82 Å². The van der Waals surface area contributed by atoms with Gasteiger partial charge in [-0.1, -0.05) is 20.8 Å². The summed E-state index contributed by atoms with van der Waals surface area (Å²) in [6.07, 6.45) is 1.61. The second-order valence-corrected chi connectivity index (χ2v) is 4.26. The van der Waals surface area contributed by atoms with Crippen LogP contribution in [0.15, 0.2) is 18.3 Å². The molecule has 0 aliphatic rings. The maximum absolute atomic E-state index is 11.8. The predicted octanol–water partition coefficient (Wildman–Crippen LogP) is 2.35. The molecule has 0 saturated heterocycles. The van der Waals surface area contributed by atoms with Gasteiger partial charge in [0.1, 0.15) is 5.82 Å². The Balaban J connectivity index is 2.93. The maximum Gasteiger partial charge on any atom is 0.169 e. The van der Waals surface area contributed by atoms with Gasteiger partial charge in [-0.3, -0.25) is 4.79 Å². The molecular formula is C11H16N2O. The SMILES string of the molecule is CNc1ccc(C(=O)C(C)(C)C)cn1. The van der Waals surface area contributed by atoms with Gasteiger partial charge in [-0.05, 0) is 12.1 Å². The van der Waals surface area contributed by atoms with E-state index in [0.29, 0.717) is 5.56 Å². The number of carbonyl (C=O) groups is 1. The van der Waals surface area contributed by atoms with Gasteiger partial charge in [0, 0.05) is 24.2 Å². The Hall–Kier alpha value is -1.38. The van der Waals surface area contributed by atoms with Gasteiger partial charge in [0.05, 0.1) is 0 Å². The highest BCUT2D eigenvalue weighted by Gasteiger charge is 2.22. The Morgan fingerprint density at radius 3 is 2.36 bits per heavy atom. The molecule has 0 atom stereocenters. The molecule has 14 heavy (non-hydrogen) atoms. The predicted molar refractivity (Wildman–Crippen MR) is 57.6 cm³/mol. The van der Waals surface area contributed by atoms with Gasteiger partial charge in [0.25, 0.3) is 0 Å². The number of nitrogens with one attached hydrogen (secondary N) is 1. The van der Waals surface area contributed by atoms with E-state index in [1.807, 2.05) is 20.8 Å². The third kappa shape index (κ3) is 2.31. The van der Waals surface area contributed by atoms with Crippen molar-refractivity contribution in [3.8, 4) is 0 Å². The molecule has 3 nitrogen and oxygen atoms in total. The molecule has 0 saturated carbocycles. The fourth-order valence-electron chi connectivity index (χ4n) is 1.11. The minimum Gasteiger partial charge on any atom is -0.373 e. The van der Waals surface area contributed by atoms with Crippen LogP contribution in [0.5, 0.6) is 0 Å². The smallest absolute Gasteiger partial charge is 0.169 e. The van der Waals surface area contributed by atoms with E-state index in [1.54, 1.807) is 25.4 Å². The summed E-state index contributed by atoms with van der Waals surface area (Å²) >= 11 is 0. The van der Waals surface area contributed by atoms with Crippen LogP contribution in [-0.2, 0) is 0 Å². The molecule has 0 aromatic carbocycles. The number of anilines is 1. The number of nitrogens with zero attached hydrogens (tertiary/aromatic N) is 1. The van der Waals surface area contributed by atoms with Crippen LogP contribution in [0.3, 0.4) is 0 Å². The molecule has 0 unspecified atom stereocenters. The molecule has 0 bridgehead atoms. The fourth-order valence-corrected chi connectivity index (χ4v) is 1.11. The molecule has 0 aliphatic carbocycles. The van der Waals surface area contributed by atoms with Gasteiger partial charge in [-0.2, -0.15) is 0 Å². The zero-order valence-electron chi connectivity index (χ0n) is 9.09. The number of aromatic nitrogens is 1. The monoisotopic (exact) mass is 192 g/mol. The highest BCUT2D eigenvalue weighted by molar-refractivity contribution is 5.99. The van der Waals surface area contributed by atoms with Crippen molar-refractivity contribution in [1.29, 1.82) is 0 Å². The summed E-state index contributed by atoms with van der Waals surface area (Å²) < 4.78 is 0. The van der Waals surface area contributed by atoms with Crippen molar-refractivity contribution in [3.63, 3.8) is 0 Å². The topological polar surface area (TPSA) is 42.0 Å². The van der Waals surface area contributed by atoms with Crippen molar-refractivity contribution in [1.82, 2.24) is 4.98 Å². The second-order valence-electron chi connectivity index (χ2n) is 4.26. The summed E-state index contributed by atoms with van der Waals surface area (Å²) in [6.45, 7) is 5.71. The number of hydrogen-bond donors (Lipinski definition) is 1. The zero-order chi connectivity index (χ0) is 10.8. The number of Topliss-reactive ketones (excluding diaryl/α,β-unsaturated/α-hetero) is 1. The number of pyridine rings is 1. The quantitative estimate of drug-likeness (QED) is 0.731. The first-order valence-electron chi connectivity index (χ1n) is 4.64. The minimum atomic E-state index is -0.344. The lowest BCUT2D eigenvalue weighted by atomic mass is 9.87. The standard InChI is InChI=1S/C11H16N2O/c1-11(2,3)10(14)8-5-6-9(12-4)13-7-8/h5-7H,1-4H3,(H,12,13). The Morgan fingerprint density at radius 2 is 2.00 bits per heavy atom. The largest absolute Gasteiger partial charge is 0.373 e. The van der Waals surface area contributed by atoms with Crippen LogP contribution in [0.2, 0.25) is 0 Å². The Labute approximate surface area is 84.6 Å². The van der Waals surface area contributed by atoms with E-state index < -0.39 is 0 Å². The van der Waals surface area contributed by atoms with Gasteiger partial charge < -0.3 is 5.32 Å². The highest BCUT2D eigenvalue weighted by Crippen LogP contribution is 2.20. The minimum absolute atomic E-state index is 0.118. The lowest BCUT2D eigenvalue weighted by molar-refractivity contribution is 0.0858. The first-order valence-corrected chi connectivity index (χ1v) is 4.64. The van der Waals surface area contributed by atoms with Gasteiger partial charge in [0.2, 0.25) is 0 Å². The average Bonchev–Trinajstić information content (AvgIpc) is 2.15. The second kappa shape index (κ2) is 3.78. The van der Waals surface area contributed by atoms with E-state index in [1.165, 1.54) is 0 Å². The molecule has 0 aliphatic heterocycles. The van der Waals surface area contributed by atoms with Crippen LogP contribution in [-0.4, -0.2) is 17.8 Å². The van der Waals surface area contributed by atoms with E-state index >= 15 is 0 Å². The summed E-state index contributed by atoms with van der Waals surface area (Å²) in [5, 5.41) is 2.91. The van der Waals surface area contributed by atoms with Crippen molar-refractivity contribution in [2.45, 2.75) is 20.8 Å². The number of rotatable bonds is 2. The molecule has 76 valence electrons. The van der Waals surface area contributed by atoms with Crippen LogP contribution in [0, 0.1) is 5.41 Å². The number of carbonyl (C=O) groups excluding carboxylic acids is 1. The van der Waals surface area contributed by atoms with Crippen LogP contribution < -0.4 is 5.32 Å². The molecule has 3 heteroatoms. The van der Waals surface area contributed by atoms with Gasteiger partial charge in [-0.25, -0.2) is 4.98 Å². The van der Waals surface area contributed by atoms with Crippen LogP contribution >= 0.6 is 0 Å². The van der Waals surface area contributed by atoms with Gasteiger partial charge in [-0.15, -0.1) is 0 Å². The fraction of sp³-hybridized carbons (Fsp3) is 0.455. The lowest BCUT2D eigenvalue weighted by Crippen LogP contribution is -2.20. The molecule has 0 amide bonds. The molecule has 1 heterocycles. The number of ketones is 1. The summed E-state index contributed by atoms with van der Waals surface area (Å²) in [5.74, 6) is 0.892. The highest BCUT2D eigenvalue weighted by atomic mass is 16.1. The van der Waals surface area contributed by atoms with Crippen LogP contribution in [0.1, 0.15) is 31.1 Å². The van der Waals surface area contributed by atoms with Crippen molar-refractivity contribution < 1.29 is 4.79 Å². The Bertz CT molecular complexity index is 322. The summed E-state index contributed by atoms with van der Waals surface area (Å²) in [7, 11) is 1.80. The molecule has 0 spiro atoms. The summed E-state index contributed by atoms with van der Waals surface area (Å²) in [5.41, 5.74) is 0.319. The van der Waals surface area contributed by atoms with Crippen molar-refractivity contribution >= 4 is 11.6 Å². The molecule has 1 rings (SSSR count). The maximum atomic E-state index is 11.8. The lowest BCUT2D eigenvalue weighted by Gasteiger charge is -2.16. The molecule has 1 aromatic heterocycles. The van der Waals surface area contributed by atoms with Gasteiger partial charge >= 0.3 is 0 Å². The molecule has 1 N–H and O–H groups in total. The number of hydrogen-bond acceptors (Lipinski definition) is 3. The van der Waals surface area contributed by atoms with Crippen molar-refractivity contribution in [2.24, 2.45) is 5.41 Å². The van der Waals surface area contributed by atoms with Crippen molar-refractivity contribution in [3.05, 3.63) is 23.9 Å². The molecule has 0 fully saturated rings.